The Morgan fingerprint density at radius 3 is 2.65 bits per heavy atom. The Morgan fingerprint density at radius 2 is 1.85 bits per heavy atom. The standard InChI is InChI=1S/C16H21NO3/c18-15(10-3-4-11-16(19)20)17-14-9-5-7-12-6-1-2-8-13(12)14/h5,7,9H,1-4,6,8,10-11H2,(H,17,18)(H,19,20). The van der Waals surface area contributed by atoms with Crippen LogP contribution < -0.4 is 5.32 Å². The smallest absolute Gasteiger partial charge is 0.303 e. The highest BCUT2D eigenvalue weighted by molar-refractivity contribution is 5.91. The van der Waals surface area contributed by atoms with Gasteiger partial charge in [-0.3, -0.25) is 9.59 Å². The Balaban J connectivity index is 1.86. The molecule has 1 aromatic rings. The third-order valence-electron chi connectivity index (χ3n) is 3.71. The van der Waals surface area contributed by atoms with Gasteiger partial charge in [0.1, 0.15) is 0 Å². The largest absolute Gasteiger partial charge is 0.481 e. The first-order valence-corrected chi connectivity index (χ1v) is 7.29. The summed E-state index contributed by atoms with van der Waals surface area (Å²) in [6.45, 7) is 0. The molecular weight excluding hydrogens is 254 g/mol. The second-order valence-electron chi connectivity index (χ2n) is 5.30. The molecule has 108 valence electrons. The van der Waals surface area contributed by atoms with Crippen molar-refractivity contribution < 1.29 is 14.7 Å². The summed E-state index contributed by atoms with van der Waals surface area (Å²) < 4.78 is 0. The van der Waals surface area contributed by atoms with Crippen LogP contribution in [0.3, 0.4) is 0 Å². The average Bonchev–Trinajstić information content (AvgIpc) is 2.44. The molecule has 2 N–H and O–H groups in total. The highest BCUT2D eigenvalue weighted by Gasteiger charge is 2.14. The number of rotatable bonds is 6. The van der Waals surface area contributed by atoms with Crippen molar-refractivity contribution in [3.05, 3.63) is 29.3 Å². The first kappa shape index (κ1) is 14.6. The van der Waals surface area contributed by atoms with Gasteiger partial charge in [0.15, 0.2) is 0 Å². The van der Waals surface area contributed by atoms with Crippen LogP contribution in [0.2, 0.25) is 0 Å². The monoisotopic (exact) mass is 275 g/mol. The fourth-order valence-electron chi connectivity index (χ4n) is 2.67. The molecule has 20 heavy (non-hydrogen) atoms. The lowest BCUT2D eigenvalue weighted by atomic mass is 9.90. The molecule has 1 aromatic carbocycles. The number of anilines is 1. The summed E-state index contributed by atoms with van der Waals surface area (Å²) in [5.74, 6) is -0.822. The molecule has 4 nitrogen and oxygen atoms in total. The average molecular weight is 275 g/mol. The Morgan fingerprint density at radius 1 is 1.10 bits per heavy atom. The minimum atomic E-state index is -0.803. The number of carboxylic acids is 1. The zero-order valence-electron chi connectivity index (χ0n) is 11.7. The van der Waals surface area contributed by atoms with Gasteiger partial charge in [-0.1, -0.05) is 12.1 Å². The van der Waals surface area contributed by atoms with E-state index in [0.29, 0.717) is 19.3 Å². The van der Waals surface area contributed by atoms with E-state index in [1.54, 1.807) is 0 Å². The first-order chi connectivity index (χ1) is 9.66. The number of carbonyl (C=O) groups is 2. The van der Waals surface area contributed by atoms with Crippen LogP contribution in [-0.4, -0.2) is 17.0 Å². The topological polar surface area (TPSA) is 66.4 Å². The molecule has 1 aliphatic carbocycles. The van der Waals surface area contributed by atoms with E-state index in [4.69, 9.17) is 5.11 Å². The van der Waals surface area contributed by atoms with Gasteiger partial charge in [0.25, 0.3) is 0 Å². The lowest BCUT2D eigenvalue weighted by molar-refractivity contribution is -0.137. The van der Waals surface area contributed by atoms with Gasteiger partial charge >= 0.3 is 5.97 Å². The van der Waals surface area contributed by atoms with Crippen molar-refractivity contribution in [2.75, 3.05) is 5.32 Å². The van der Waals surface area contributed by atoms with Gasteiger partial charge in [-0.15, -0.1) is 0 Å². The summed E-state index contributed by atoms with van der Waals surface area (Å²) in [6, 6.07) is 6.08. The number of nitrogens with one attached hydrogen (secondary N) is 1. The van der Waals surface area contributed by atoms with Gasteiger partial charge in [0.2, 0.25) is 5.91 Å². The first-order valence-electron chi connectivity index (χ1n) is 7.29. The fourth-order valence-corrected chi connectivity index (χ4v) is 2.67. The molecule has 0 spiro atoms. The predicted octanol–water partition coefficient (Wildman–Crippen LogP) is 3.15. The maximum Gasteiger partial charge on any atom is 0.303 e. The van der Waals surface area contributed by atoms with Gasteiger partial charge in [0, 0.05) is 18.5 Å². The SMILES string of the molecule is O=C(O)CCCCC(=O)Nc1cccc2c1CCCC2. The van der Waals surface area contributed by atoms with Gasteiger partial charge in [0.05, 0.1) is 0 Å². The van der Waals surface area contributed by atoms with Crippen molar-refractivity contribution in [2.24, 2.45) is 0 Å². The Labute approximate surface area is 119 Å². The number of hydrogen-bond acceptors (Lipinski definition) is 2. The molecule has 0 unspecified atom stereocenters. The van der Waals surface area contributed by atoms with E-state index in [0.717, 1.165) is 18.5 Å². The van der Waals surface area contributed by atoms with Crippen LogP contribution in [0.1, 0.15) is 49.7 Å². The summed E-state index contributed by atoms with van der Waals surface area (Å²) in [5.41, 5.74) is 3.56. The van der Waals surface area contributed by atoms with Crippen LogP contribution >= 0.6 is 0 Å². The number of carbonyl (C=O) groups excluding carboxylic acids is 1. The van der Waals surface area contributed by atoms with Gasteiger partial charge in [-0.05, 0) is 55.7 Å². The van der Waals surface area contributed by atoms with Crippen molar-refractivity contribution in [3.63, 3.8) is 0 Å². The zero-order valence-corrected chi connectivity index (χ0v) is 11.7. The summed E-state index contributed by atoms with van der Waals surface area (Å²) in [5, 5.41) is 11.5. The lowest BCUT2D eigenvalue weighted by Crippen LogP contribution is -2.15. The van der Waals surface area contributed by atoms with Crippen LogP contribution in [-0.2, 0) is 22.4 Å². The number of fused-ring (bicyclic) bond motifs is 1. The van der Waals surface area contributed by atoms with Crippen LogP contribution in [0.25, 0.3) is 0 Å². The van der Waals surface area contributed by atoms with Crippen molar-refractivity contribution >= 4 is 17.6 Å². The van der Waals surface area contributed by atoms with Gasteiger partial charge in [-0.25, -0.2) is 0 Å². The summed E-state index contributed by atoms with van der Waals surface area (Å²) in [6.07, 6.45) is 6.22. The second-order valence-corrected chi connectivity index (χ2v) is 5.30. The molecule has 0 saturated carbocycles. The highest BCUT2D eigenvalue weighted by Crippen LogP contribution is 2.27. The summed E-state index contributed by atoms with van der Waals surface area (Å²) in [4.78, 5) is 22.3. The molecule has 1 aliphatic rings. The zero-order chi connectivity index (χ0) is 14.4. The quantitative estimate of drug-likeness (QED) is 0.784. The maximum absolute atomic E-state index is 11.9. The predicted molar refractivity (Wildman–Crippen MR) is 77.8 cm³/mol. The number of benzene rings is 1. The molecule has 2 rings (SSSR count). The summed E-state index contributed by atoms with van der Waals surface area (Å²) >= 11 is 0. The number of unbranched alkanes of at least 4 members (excludes halogenated alkanes) is 1. The minimum Gasteiger partial charge on any atom is -0.481 e. The number of aliphatic carboxylic acids is 1. The lowest BCUT2D eigenvalue weighted by Gasteiger charge is -2.19. The van der Waals surface area contributed by atoms with E-state index in [1.807, 2.05) is 12.1 Å². The number of carboxylic acid groups (broad SMARTS) is 1. The number of aryl methyl sites for hydroxylation is 1. The molecular formula is C16H21NO3. The second kappa shape index (κ2) is 7.08. The molecule has 0 atom stereocenters. The minimum absolute atomic E-state index is 0.0191. The van der Waals surface area contributed by atoms with E-state index in [2.05, 4.69) is 11.4 Å². The van der Waals surface area contributed by atoms with Crippen molar-refractivity contribution in [1.82, 2.24) is 0 Å². The molecule has 0 radical (unpaired) electrons. The maximum atomic E-state index is 11.9. The fraction of sp³-hybridized carbons (Fsp3) is 0.500. The Kier molecular flexibility index (Phi) is 5.16. The molecule has 1 amide bonds. The highest BCUT2D eigenvalue weighted by atomic mass is 16.4. The Bertz CT molecular complexity index is 496. The van der Waals surface area contributed by atoms with E-state index in [-0.39, 0.29) is 12.3 Å². The van der Waals surface area contributed by atoms with Gasteiger partial charge < -0.3 is 10.4 Å². The van der Waals surface area contributed by atoms with Crippen molar-refractivity contribution in [1.29, 1.82) is 0 Å². The van der Waals surface area contributed by atoms with Crippen molar-refractivity contribution in [2.45, 2.75) is 51.4 Å². The molecule has 4 heteroatoms. The normalized spacial score (nSPS) is 13.6. The van der Waals surface area contributed by atoms with Crippen LogP contribution in [0.5, 0.6) is 0 Å². The van der Waals surface area contributed by atoms with Crippen molar-refractivity contribution in [3.8, 4) is 0 Å². The number of hydrogen-bond donors (Lipinski definition) is 2. The molecule has 0 bridgehead atoms. The van der Waals surface area contributed by atoms with Gasteiger partial charge in [-0.2, -0.15) is 0 Å². The third-order valence-corrected chi connectivity index (χ3v) is 3.71. The summed E-state index contributed by atoms with van der Waals surface area (Å²) in [7, 11) is 0. The van der Waals surface area contributed by atoms with Crippen LogP contribution in [0.15, 0.2) is 18.2 Å². The third kappa shape index (κ3) is 4.08. The molecule has 0 heterocycles. The van der Waals surface area contributed by atoms with E-state index >= 15 is 0 Å². The Hall–Kier alpha value is -1.84. The molecule has 0 aliphatic heterocycles. The van der Waals surface area contributed by atoms with E-state index < -0.39 is 5.97 Å². The van der Waals surface area contributed by atoms with Crippen LogP contribution in [0, 0.1) is 0 Å². The van der Waals surface area contributed by atoms with Crippen LogP contribution in [0.4, 0.5) is 5.69 Å². The van der Waals surface area contributed by atoms with E-state index in [1.165, 1.54) is 24.0 Å². The molecule has 0 aromatic heterocycles. The molecule has 0 saturated heterocycles. The molecule has 0 fully saturated rings. The number of amides is 1. The van der Waals surface area contributed by atoms with E-state index in [9.17, 15) is 9.59 Å².